The van der Waals surface area contributed by atoms with Crippen LogP contribution in [0.25, 0.3) is 0 Å². The van der Waals surface area contributed by atoms with E-state index in [1.807, 2.05) is 12.1 Å². The summed E-state index contributed by atoms with van der Waals surface area (Å²) in [6.45, 7) is 5.10. The number of nitrogens with zero attached hydrogens (tertiary/aromatic N) is 2. The summed E-state index contributed by atoms with van der Waals surface area (Å²) in [5, 5.41) is 4.63. The van der Waals surface area contributed by atoms with E-state index in [4.69, 9.17) is 5.73 Å². The summed E-state index contributed by atoms with van der Waals surface area (Å²) in [5.41, 5.74) is 9.90. The molecule has 1 atom stereocenters. The second kappa shape index (κ2) is 7.04. The molecule has 2 aromatic rings. The first-order chi connectivity index (χ1) is 9.58. The van der Waals surface area contributed by atoms with Crippen molar-refractivity contribution in [3.05, 3.63) is 49.3 Å². The Morgan fingerprint density at radius 1 is 1.35 bits per heavy atom. The first-order valence-electron chi connectivity index (χ1n) is 6.82. The number of aryl methyl sites for hydroxylation is 2. The summed E-state index contributed by atoms with van der Waals surface area (Å²) in [4.78, 5) is 0. The van der Waals surface area contributed by atoms with E-state index in [1.54, 1.807) is 0 Å². The topological polar surface area (TPSA) is 43.8 Å². The minimum absolute atomic E-state index is 0.00824. The monoisotopic (exact) mass is 447 g/mol. The van der Waals surface area contributed by atoms with E-state index in [9.17, 15) is 0 Å². The van der Waals surface area contributed by atoms with Crippen LogP contribution in [0.4, 0.5) is 0 Å². The average molecular weight is 448 g/mol. The van der Waals surface area contributed by atoms with Crippen LogP contribution in [0.1, 0.15) is 36.8 Å². The molecule has 1 unspecified atom stereocenters. The van der Waals surface area contributed by atoms with E-state index in [-0.39, 0.29) is 6.04 Å². The van der Waals surface area contributed by atoms with Crippen molar-refractivity contribution in [2.45, 2.75) is 39.3 Å². The van der Waals surface area contributed by atoms with Crippen molar-refractivity contribution < 1.29 is 0 Å². The number of halogens is 2. The van der Waals surface area contributed by atoms with Crippen LogP contribution in [0.2, 0.25) is 0 Å². The van der Waals surface area contributed by atoms with Gasteiger partial charge in [-0.2, -0.15) is 5.10 Å². The summed E-state index contributed by atoms with van der Waals surface area (Å²) in [7, 11) is 0. The van der Waals surface area contributed by atoms with E-state index >= 15 is 0 Å². The predicted molar refractivity (Wildman–Crippen MR) is 94.8 cm³/mol. The zero-order valence-corrected chi connectivity index (χ0v) is 15.5. The van der Waals surface area contributed by atoms with Crippen molar-refractivity contribution in [3.63, 3.8) is 0 Å². The van der Waals surface area contributed by atoms with Crippen LogP contribution < -0.4 is 5.73 Å². The Labute approximate surface area is 142 Å². The molecule has 1 aromatic carbocycles. The van der Waals surface area contributed by atoms with Crippen LogP contribution in [0.3, 0.4) is 0 Å². The van der Waals surface area contributed by atoms with Crippen molar-refractivity contribution in [3.8, 4) is 0 Å². The van der Waals surface area contributed by atoms with Gasteiger partial charge < -0.3 is 5.73 Å². The van der Waals surface area contributed by atoms with Gasteiger partial charge in [-0.25, -0.2) is 0 Å². The SMILES string of the molecule is CCc1nn(CC)c(CC(N)c2ccccc2I)c1Br. The molecule has 0 saturated heterocycles. The fourth-order valence-corrected chi connectivity index (χ4v) is 3.82. The normalized spacial score (nSPS) is 12.7. The van der Waals surface area contributed by atoms with E-state index in [0.29, 0.717) is 0 Å². The van der Waals surface area contributed by atoms with Crippen LogP contribution in [-0.4, -0.2) is 9.78 Å². The summed E-state index contributed by atoms with van der Waals surface area (Å²) < 4.78 is 4.38. The molecule has 1 heterocycles. The van der Waals surface area contributed by atoms with E-state index in [2.05, 4.69) is 74.3 Å². The third-order valence-corrected chi connectivity index (χ3v) is 5.31. The fraction of sp³-hybridized carbons (Fsp3) is 0.400. The quantitative estimate of drug-likeness (QED) is 0.702. The Kier molecular flexibility index (Phi) is 5.63. The van der Waals surface area contributed by atoms with Crippen molar-refractivity contribution in [2.75, 3.05) is 0 Å². The molecule has 2 rings (SSSR count). The molecule has 1 aromatic heterocycles. The number of aromatic nitrogens is 2. The molecule has 0 spiro atoms. The third kappa shape index (κ3) is 3.26. The average Bonchev–Trinajstić information content (AvgIpc) is 2.75. The number of benzene rings is 1. The third-order valence-electron chi connectivity index (χ3n) is 3.41. The summed E-state index contributed by atoms with van der Waals surface area (Å²) in [6, 6.07) is 8.28. The minimum atomic E-state index is -0.00824. The first-order valence-corrected chi connectivity index (χ1v) is 8.69. The number of hydrogen-bond acceptors (Lipinski definition) is 2. The van der Waals surface area contributed by atoms with Gasteiger partial charge in [-0.1, -0.05) is 25.1 Å². The van der Waals surface area contributed by atoms with Gasteiger partial charge in [0.25, 0.3) is 0 Å². The van der Waals surface area contributed by atoms with Gasteiger partial charge in [0, 0.05) is 22.6 Å². The van der Waals surface area contributed by atoms with E-state index in [0.717, 1.165) is 29.6 Å². The maximum absolute atomic E-state index is 6.40. The molecule has 0 fully saturated rings. The second-order valence-corrected chi connectivity index (χ2v) is 6.66. The number of hydrogen-bond donors (Lipinski definition) is 1. The maximum atomic E-state index is 6.40. The van der Waals surface area contributed by atoms with Gasteiger partial charge in [0.2, 0.25) is 0 Å². The Morgan fingerprint density at radius 3 is 2.65 bits per heavy atom. The van der Waals surface area contributed by atoms with Gasteiger partial charge in [0.15, 0.2) is 0 Å². The molecule has 0 bridgehead atoms. The molecule has 2 N–H and O–H groups in total. The van der Waals surface area contributed by atoms with Crippen LogP contribution in [-0.2, 0) is 19.4 Å². The van der Waals surface area contributed by atoms with Gasteiger partial charge in [-0.15, -0.1) is 0 Å². The molecule has 20 heavy (non-hydrogen) atoms. The summed E-state index contributed by atoms with van der Waals surface area (Å²) in [6.07, 6.45) is 1.72. The molecule has 0 aliphatic heterocycles. The first kappa shape index (κ1) is 16.0. The molecule has 5 heteroatoms. The zero-order valence-electron chi connectivity index (χ0n) is 11.7. The Bertz CT molecular complexity index is 595. The van der Waals surface area contributed by atoms with Gasteiger partial charge in [0.05, 0.1) is 15.9 Å². The number of rotatable bonds is 5. The highest BCUT2D eigenvalue weighted by Crippen LogP contribution is 2.28. The second-order valence-electron chi connectivity index (χ2n) is 4.71. The zero-order chi connectivity index (χ0) is 14.7. The molecule has 0 aliphatic rings. The smallest absolute Gasteiger partial charge is 0.0766 e. The standard InChI is InChI=1S/C15H19BrIN3/c1-3-13-15(16)14(20(4-2)19-13)9-12(18)10-7-5-6-8-11(10)17/h5-8,12H,3-4,9,18H2,1-2H3. The van der Waals surface area contributed by atoms with Gasteiger partial charge in [-0.05, 0) is 63.5 Å². The van der Waals surface area contributed by atoms with Crippen molar-refractivity contribution in [1.82, 2.24) is 9.78 Å². The largest absolute Gasteiger partial charge is 0.324 e. The predicted octanol–water partition coefficient (Wildman–Crippen LogP) is 4.08. The van der Waals surface area contributed by atoms with Gasteiger partial charge in [0.1, 0.15) is 0 Å². The van der Waals surface area contributed by atoms with Crippen LogP contribution in [0.5, 0.6) is 0 Å². The Morgan fingerprint density at radius 2 is 2.05 bits per heavy atom. The van der Waals surface area contributed by atoms with Crippen molar-refractivity contribution in [2.24, 2.45) is 5.73 Å². The van der Waals surface area contributed by atoms with E-state index < -0.39 is 0 Å². The lowest BCUT2D eigenvalue weighted by Gasteiger charge is -2.15. The molecular formula is C15H19BrIN3. The highest BCUT2D eigenvalue weighted by atomic mass is 127. The van der Waals surface area contributed by atoms with Gasteiger partial charge in [-0.3, -0.25) is 4.68 Å². The highest BCUT2D eigenvalue weighted by Gasteiger charge is 2.18. The summed E-state index contributed by atoms with van der Waals surface area (Å²) in [5.74, 6) is 0. The maximum Gasteiger partial charge on any atom is 0.0766 e. The minimum Gasteiger partial charge on any atom is -0.324 e. The molecule has 0 amide bonds. The van der Waals surface area contributed by atoms with Crippen LogP contribution >= 0.6 is 38.5 Å². The molecule has 108 valence electrons. The lowest BCUT2D eigenvalue weighted by atomic mass is 10.0. The highest BCUT2D eigenvalue weighted by molar-refractivity contribution is 14.1. The van der Waals surface area contributed by atoms with Crippen molar-refractivity contribution in [1.29, 1.82) is 0 Å². The van der Waals surface area contributed by atoms with Crippen LogP contribution in [0, 0.1) is 3.57 Å². The molecule has 0 saturated carbocycles. The van der Waals surface area contributed by atoms with Crippen molar-refractivity contribution >= 4 is 38.5 Å². The van der Waals surface area contributed by atoms with E-state index in [1.165, 1.54) is 14.8 Å². The molecule has 0 aliphatic carbocycles. The molecule has 0 radical (unpaired) electrons. The lowest BCUT2D eigenvalue weighted by Crippen LogP contribution is -2.17. The molecular weight excluding hydrogens is 429 g/mol. The lowest BCUT2D eigenvalue weighted by molar-refractivity contribution is 0.584. The Hall–Kier alpha value is -0.400. The molecule has 3 nitrogen and oxygen atoms in total. The van der Waals surface area contributed by atoms with Gasteiger partial charge >= 0.3 is 0 Å². The summed E-state index contributed by atoms with van der Waals surface area (Å²) >= 11 is 6.03. The van der Waals surface area contributed by atoms with Crippen LogP contribution in [0.15, 0.2) is 28.7 Å². The number of nitrogens with two attached hydrogens (primary N) is 1. The fourth-order valence-electron chi connectivity index (χ4n) is 2.31. The Balaban J connectivity index is 2.30.